The quantitative estimate of drug-likeness (QED) is 0.263. The molecular formula is C16H20BrClFNO5SSi. The molecule has 2 unspecified atom stereocenters. The van der Waals surface area contributed by atoms with Gasteiger partial charge in [0.15, 0.2) is 17.3 Å². The monoisotopic (exact) mass is 499 g/mol. The minimum absolute atomic E-state index is 0.0578. The molecule has 0 spiro atoms. The van der Waals surface area contributed by atoms with Crippen LogP contribution in [0.5, 0.6) is 11.5 Å². The average molecular weight is 501 g/mol. The van der Waals surface area contributed by atoms with Crippen LogP contribution in [0.25, 0.3) is 11.3 Å². The molecule has 2 rings (SSSR count). The highest BCUT2D eigenvalue weighted by Gasteiger charge is 2.32. The van der Waals surface area contributed by atoms with Crippen LogP contribution in [-0.2, 0) is 11.3 Å². The van der Waals surface area contributed by atoms with Crippen LogP contribution in [0.15, 0.2) is 22.6 Å². The predicted molar refractivity (Wildman–Crippen MR) is 110 cm³/mol. The molecule has 150 valence electrons. The molecule has 0 aliphatic heterocycles. The molecule has 0 saturated heterocycles. The summed E-state index contributed by atoms with van der Waals surface area (Å²) < 4.78 is 48.0. The Morgan fingerprint density at radius 3 is 2.67 bits per heavy atom. The van der Waals surface area contributed by atoms with E-state index in [4.69, 9.17) is 25.0 Å². The zero-order chi connectivity index (χ0) is 20.4. The van der Waals surface area contributed by atoms with Crippen molar-refractivity contribution in [3.8, 4) is 22.8 Å². The fourth-order valence-electron chi connectivity index (χ4n) is 2.32. The summed E-state index contributed by atoms with van der Waals surface area (Å²) in [5, 5.41) is 10.8. The minimum Gasteiger partial charge on any atom is -0.539 e. The summed E-state index contributed by atoms with van der Waals surface area (Å²) >= 11 is 7.40. The molecule has 2 atom stereocenters. The summed E-state index contributed by atoms with van der Waals surface area (Å²) in [4.78, 5) is -0.454. The van der Waals surface area contributed by atoms with Crippen LogP contribution in [0.4, 0.5) is 4.39 Å². The number of furan rings is 1. The molecule has 11 heteroatoms. The zero-order valence-electron chi connectivity index (χ0n) is 14.9. The number of benzene rings is 1. The number of alkyl halides is 1. The zero-order valence-corrected chi connectivity index (χ0v) is 19.0. The van der Waals surface area contributed by atoms with Gasteiger partial charge >= 0.3 is 0 Å². The van der Waals surface area contributed by atoms with Gasteiger partial charge in [-0.25, -0.2) is 13.3 Å². The fraction of sp³-hybridized carbons (Fsp3) is 0.375. The lowest BCUT2D eigenvalue weighted by atomic mass is 10.1. The number of hydrogen-bond acceptors (Lipinski definition) is 4. The second-order valence-corrected chi connectivity index (χ2v) is 13.4. The summed E-state index contributed by atoms with van der Waals surface area (Å²) in [5.41, 5.74) is -0.0578. The largest absolute Gasteiger partial charge is 0.539 e. The highest BCUT2D eigenvalue weighted by Crippen LogP contribution is 2.50. The Morgan fingerprint density at radius 1 is 1.44 bits per heavy atom. The first kappa shape index (κ1) is 22.4. The van der Waals surface area contributed by atoms with Gasteiger partial charge in [-0.2, -0.15) is 0 Å². The Labute approximate surface area is 173 Å². The van der Waals surface area contributed by atoms with E-state index in [1.165, 1.54) is 18.2 Å². The van der Waals surface area contributed by atoms with E-state index in [1.807, 2.05) is 19.6 Å². The third kappa shape index (κ3) is 5.78. The number of nitrogens with one attached hydrogen (secondary N) is 1. The van der Waals surface area contributed by atoms with E-state index in [0.717, 1.165) is 0 Å². The van der Waals surface area contributed by atoms with Crippen molar-refractivity contribution in [1.29, 1.82) is 0 Å². The molecule has 3 N–H and O–H groups in total. The highest BCUT2D eigenvalue weighted by molar-refractivity contribution is 9.09. The topological polar surface area (TPSA) is 91.9 Å². The first-order valence-corrected chi connectivity index (χ1v) is 13.8. The van der Waals surface area contributed by atoms with E-state index < -0.39 is 30.2 Å². The summed E-state index contributed by atoms with van der Waals surface area (Å²) in [6.07, 6.45) is 0.353. The molecular weight excluding hydrogens is 481 g/mol. The van der Waals surface area contributed by atoms with E-state index >= 15 is 0 Å². The number of rotatable bonds is 8. The van der Waals surface area contributed by atoms with Crippen molar-refractivity contribution in [2.45, 2.75) is 30.9 Å². The summed E-state index contributed by atoms with van der Waals surface area (Å²) in [5.74, 6) is -0.710. The Hall–Kier alpha value is -0.913. The van der Waals surface area contributed by atoms with Gasteiger partial charge in [-0.1, -0.05) is 33.6 Å². The van der Waals surface area contributed by atoms with Crippen LogP contribution in [-0.4, -0.2) is 28.7 Å². The number of hydrogen-bond donors (Lipinski definition) is 3. The van der Waals surface area contributed by atoms with E-state index in [2.05, 4.69) is 20.7 Å². The second kappa shape index (κ2) is 9.06. The van der Waals surface area contributed by atoms with Gasteiger partial charge in [0, 0.05) is 6.54 Å². The van der Waals surface area contributed by atoms with Crippen LogP contribution in [0.3, 0.4) is 0 Å². The smallest absolute Gasteiger partial charge is 0.242 e. The lowest BCUT2D eigenvalue weighted by Gasteiger charge is -2.20. The van der Waals surface area contributed by atoms with E-state index in [-0.39, 0.29) is 40.2 Å². The summed E-state index contributed by atoms with van der Waals surface area (Å²) in [6.45, 7) is 5.98. The van der Waals surface area contributed by atoms with Crippen molar-refractivity contribution in [2.75, 3.05) is 6.54 Å². The maximum absolute atomic E-state index is 14.3. The van der Waals surface area contributed by atoms with Crippen LogP contribution in [0.2, 0.25) is 24.7 Å². The fourth-order valence-corrected chi connectivity index (χ4v) is 4.20. The highest BCUT2D eigenvalue weighted by atomic mass is 79.9. The van der Waals surface area contributed by atoms with Gasteiger partial charge in [0.1, 0.15) is 5.82 Å². The minimum atomic E-state index is -2.14. The third-order valence-electron chi connectivity index (χ3n) is 3.37. The molecule has 0 aliphatic carbocycles. The van der Waals surface area contributed by atoms with Crippen molar-refractivity contribution in [2.24, 2.45) is 0 Å². The van der Waals surface area contributed by atoms with Gasteiger partial charge in [-0.15, -0.1) is 0 Å². The van der Waals surface area contributed by atoms with Crippen molar-refractivity contribution < 1.29 is 27.1 Å². The maximum Gasteiger partial charge on any atom is 0.242 e. The Kier molecular flexibility index (Phi) is 7.51. The van der Waals surface area contributed by atoms with Crippen LogP contribution >= 0.6 is 27.5 Å². The van der Waals surface area contributed by atoms with Gasteiger partial charge in [-0.3, -0.25) is 4.55 Å². The maximum atomic E-state index is 14.3. The first-order valence-electron chi connectivity index (χ1n) is 7.98. The predicted octanol–water partition coefficient (Wildman–Crippen LogP) is 5.21. The van der Waals surface area contributed by atoms with Gasteiger partial charge in [0.25, 0.3) is 0 Å². The molecule has 1 aromatic heterocycles. The third-order valence-corrected chi connectivity index (χ3v) is 5.83. The summed E-state index contributed by atoms with van der Waals surface area (Å²) in [6, 6.07) is 4.16. The Balaban J connectivity index is 2.50. The second-order valence-electron chi connectivity index (χ2n) is 6.68. The van der Waals surface area contributed by atoms with E-state index in [9.17, 15) is 13.7 Å². The molecule has 1 aromatic carbocycles. The molecule has 0 aliphatic rings. The van der Waals surface area contributed by atoms with Crippen molar-refractivity contribution in [1.82, 2.24) is 4.72 Å². The molecule has 0 fully saturated rings. The number of halogens is 3. The molecule has 27 heavy (non-hydrogen) atoms. The standard InChI is InChI=1S/C16H20BrClFNO5SSi/c1-27(2,3)25-16-13(21)15(12-10(18)5-4-6-11(12)19)24-14(16)9(17)7-8-20-26(22)23/h4-6,9,20-21H,7-8H2,1-3H3,(H,22,23). The summed E-state index contributed by atoms with van der Waals surface area (Å²) in [7, 11) is -2.14. The van der Waals surface area contributed by atoms with E-state index in [0.29, 0.717) is 6.42 Å². The van der Waals surface area contributed by atoms with Gasteiger partial charge < -0.3 is 13.9 Å². The van der Waals surface area contributed by atoms with Crippen LogP contribution in [0, 0.1) is 5.82 Å². The Bertz CT molecular complexity index is 825. The van der Waals surface area contributed by atoms with Gasteiger partial charge in [-0.05, 0) is 38.2 Å². The van der Waals surface area contributed by atoms with Crippen LogP contribution < -0.4 is 9.15 Å². The SMILES string of the molecule is C[Si](C)(C)Oc1c(C(Br)CCNS(=O)O)oc(-c2c(F)cccc2Cl)c1O. The molecule has 6 nitrogen and oxygen atoms in total. The van der Waals surface area contributed by atoms with E-state index in [1.54, 1.807) is 0 Å². The average Bonchev–Trinajstić information content (AvgIpc) is 2.82. The molecule has 0 amide bonds. The van der Waals surface area contributed by atoms with Gasteiger partial charge in [0.05, 0.1) is 15.4 Å². The first-order chi connectivity index (χ1) is 12.5. The normalized spacial score (nSPS) is 14.2. The lowest BCUT2D eigenvalue weighted by Crippen LogP contribution is -2.29. The molecule has 1 heterocycles. The molecule has 0 bridgehead atoms. The van der Waals surface area contributed by atoms with Crippen LogP contribution in [0.1, 0.15) is 17.0 Å². The Morgan fingerprint density at radius 2 is 2.11 bits per heavy atom. The molecule has 0 radical (unpaired) electrons. The number of aromatic hydroxyl groups is 1. The van der Waals surface area contributed by atoms with Crippen molar-refractivity contribution in [3.63, 3.8) is 0 Å². The van der Waals surface area contributed by atoms with Crippen molar-refractivity contribution >= 4 is 47.1 Å². The van der Waals surface area contributed by atoms with Gasteiger partial charge in [0.2, 0.25) is 25.3 Å². The molecule has 0 saturated carbocycles. The lowest BCUT2D eigenvalue weighted by molar-refractivity contribution is 0.438. The molecule has 2 aromatic rings. The van der Waals surface area contributed by atoms with Crippen molar-refractivity contribution in [3.05, 3.63) is 34.8 Å².